The second-order valence-electron chi connectivity index (χ2n) is 7.76. The number of rotatable bonds is 12. The molecule has 2 heteroatoms. The monoisotopic (exact) mass is 305 g/mol. The zero-order valence-electron chi connectivity index (χ0n) is 15.1. The Bertz CT molecular complexity index is 206. The van der Waals surface area contributed by atoms with Gasteiger partial charge in [-0.15, -0.1) is 0 Å². The van der Waals surface area contributed by atoms with Crippen molar-refractivity contribution >= 4 is 0 Å². The molecular formula is C18H40ClN. The maximum atomic E-state index is 2.40. The van der Waals surface area contributed by atoms with Crippen LogP contribution in [0.5, 0.6) is 0 Å². The van der Waals surface area contributed by atoms with Gasteiger partial charge in [-0.25, -0.2) is 0 Å². The molecule has 0 rings (SSSR count). The van der Waals surface area contributed by atoms with Crippen LogP contribution >= 0.6 is 0 Å². The lowest BCUT2D eigenvalue weighted by atomic mass is 9.93. The summed E-state index contributed by atoms with van der Waals surface area (Å²) in [6, 6.07) is 0. The smallest absolute Gasteiger partial charge is 0.0929 e. The van der Waals surface area contributed by atoms with Crippen LogP contribution in [0.15, 0.2) is 0 Å². The van der Waals surface area contributed by atoms with E-state index in [2.05, 4.69) is 41.9 Å². The van der Waals surface area contributed by atoms with E-state index in [-0.39, 0.29) is 12.4 Å². The van der Waals surface area contributed by atoms with Crippen LogP contribution in [0.2, 0.25) is 0 Å². The van der Waals surface area contributed by atoms with Gasteiger partial charge >= 0.3 is 0 Å². The molecule has 0 atom stereocenters. The average Bonchev–Trinajstić information content (AvgIpc) is 2.30. The standard InChI is InChI=1S/C18H40N.ClH/c1-7-8-9-10-11-12-13-14-15-16-17-18(2,3)19(4,5)6;/h7-17H2,1-6H3;1H/q+1;/p-1. The highest BCUT2D eigenvalue weighted by Crippen LogP contribution is 2.24. The first-order valence-electron chi connectivity index (χ1n) is 8.63. The van der Waals surface area contributed by atoms with Crippen LogP contribution in [0.1, 0.15) is 91.4 Å². The number of hydrogen-bond donors (Lipinski definition) is 0. The molecule has 0 aliphatic rings. The van der Waals surface area contributed by atoms with Crippen LogP contribution in [0.3, 0.4) is 0 Å². The van der Waals surface area contributed by atoms with Crippen LogP contribution in [-0.2, 0) is 0 Å². The Hall–Kier alpha value is 0.250. The third kappa shape index (κ3) is 11.0. The molecular weight excluding hydrogens is 266 g/mol. The van der Waals surface area contributed by atoms with Crippen LogP contribution in [0.4, 0.5) is 0 Å². The largest absolute Gasteiger partial charge is 1.00 e. The Balaban J connectivity index is 0. The van der Waals surface area contributed by atoms with Crippen LogP contribution in [0.25, 0.3) is 0 Å². The van der Waals surface area contributed by atoms with Crippen molar-refractivity contribution in [3.8, 4) is 0 Å². The fourth-order valence-corrected chi connectivity index (χ4v) is 2.38. The average molecular weight is 306 g/mol. The lowest BCUT2D eigenvalue weighted by Crippen LogP contribution is -3.00. The third-order valence-electron chi connectivity index (χ3n) is 4.96. The van der Waals surface area contributed by atoms with Gasteiger partial charge in [-0.05, 0) is 20.3 Å². The molecule has 0 aromatic rings. The normalized spacial score (nSPS) is 12.3. The summed E-state index contributed by atoms with van der Waals surface area (Å²) >= 11 is 0. The maximum absolute atomic E-state index is 2.40. The fourth-order valence-electron chi connectivity index (χ4n) is 2.38. The summed E-state index contributed by atoms with van der Waals surface area (Å²) < 4.78 is 1.07. The maximum Gasteiger partial charge on any atom is 0.0929 e. The van der Waals surface area contributed by atoms with Gasteiger partial charge < -0.3 is 16.9 Å². The van der Waals surface area contributed by atoms with Crippen molar-refractivity contribution in [3.05, 3.63) is 0 Å². The number of quaternary nitrogens is 1. The van der Waals surface area contributed by atoms with Crippen molar-refractivity contribution in [2.24, 2.45) is 0 Å². The second-order valence-corrected chi connectivity index (χ2v) is 7.76. The number of halogens is 1. The highest BCUT2D eigenvalue weighted by molar-refractivity contribution is 4.68. The van der Waals surface area contributed by atoms with Crippen molar-refractivity contribution < 1.29 is 16.9 Å². The molecule has 0 unspecified atom stereocenters. The van der Waals surface area contributed by atoms with Gasteiger partial charge in [0.15, 0.2) is 0 Å². The van der Waals surface area contributed by atoms with Gasteiger partial charge in [0.05, 0.1) is 26.7 Å². The van der Waals surface area contributed by atoms with Gasteiger partial charge in [-0.3, -0.25) is 0 Å². The lowest BCUT2D eigenvalue weighted by molar-refractivity contribution is -0.920. The highest BCUT2D eigenvalue weighted by atomic mass is 35.5. The Morgan fingerprint density at radius 2 is 1.00 bits per heavy atom. The van der Waals surface area contributed by atoms with Gasteiger partial charge in [-0.1, -0.05) is 64.7 Å². The SMILES string of the molecule is CCCCCCCCCCCCC(C)(C)[N+](C)(C)C.[Cl-]. The molecule has 0 aliphatic carbocycles. The van der Waals surface area contributed by atoms with Crippen molar-refractivity contribution in [1.82, 2.24) is 0 Å². The number of unbranched alkanes of at least 4 members (excludes halogenated alkanes) is 9. The number of hydrogen-bond acceptors (Lipinski definition) is 0. The zero-order chi connectivity index (χ0) is 14.8. The van der Waals surface area contributed by atoms with E-state index in [9.17, 15) is 0 Å². The van der Waals surface area contributed by atoms with Gasteiger partial charge in [0.2, 0.25) is 0 Å². The molecule has 0 spiro atoms. The first kappa shape index (κ1) is 22.5. The minimum atomic E-state index is 0. The van der Waals surface area contributed by atoms with Gasteiger partial charge in [-0.2, -0.15) is 0 Å². The summed E-state index contributed by atoms with van der Waals surface area (Å²) in [5.41, 5.74) is 0.417. The topological polar surface area (TPSA) is 0 Å². The Morgan fingerprint density at radius 1 is 0.650 bits per heavy atom. The van der Waals surface area contributed by atoms with E-state index in [1.165, 1.54) is 70.6 Å². The minimum Gasteiger partial charge on any atom is -1.00 e. The Kier molecular flexibility index (Phi) is 13.4. The van der Waals surface area contributed by atoms with Gasteiger partial charge in [0.25, 0.3) is 0 Å². The fraction of sp³-hybridized carbons (Fsp3) is 1.00. The predicted octanol–water partition coefficient (Wildman–Crippen LogP) is 2.79. The van der Waals surface area contributed by atoms with E-state index in [1.54, 1.807) is 0 Å². The summed E-state index contributed by atoms with van der Waals surface area (Å²) in [6.45, 7) is 7.10. The number of nitrogens with zero attached hydrogens (tertiary/aromatic N) is 1. The van der Waals surface area contributed by atoms with Crippen LogP contribution in [0, 0.1) is 0 Å². The Labute approximate surface area is 135 Å². The summed E-state index contributed by atoms with van der Waals surface area (Å²) in [6.07, 6.45) is 15.7. The molecule has 0 N–H and O–H groups in total. The molecule has 0 saturated heterocycles. The van der Waals surface area contributed by atoms with E-state index in [4.69, 9.17) is 0 Å². The molecule has 0 saturated carbocycles. The summed E-state index contributed by atoms with van der Waals surface area (Å²) in [4.78, 5) is 0. The molecule has 0 heterocycles. The highest BCUT2D eigenvalue weighted by Gasteiger charge is 2.31. The summed E-state index contributed by atoms with van der Waals surface area (Å²) in [5, 5.41) is 0. The van der Waals surface area contributed by atoms with E-state index in [1.807, 2.05) is 0 Å². The van der Waals surface area contributed by atoms with E-state index < -0.39 is 0 Å². The first-order valence-corrected chi connectivity index (χ1v) is 8.63. The molecule has 0 aliphatic heterocycles. The first-order chi connectivity index (χ1) is 8.81. The molecule has 1 nitrogen and oxygen atoms in total. The molecule has 0 radical (unpaired) electrons. The van der Waals surface area contributed by atoms with Gasteiger partial charge in [0, 0.05) is 6.42 Å². The molecule has 0 fully saturated rings. The molecule has 0 bridgehead atoms. The van der Waals surface area contributed by atoms with Crippen LogP contribution < -0.4 is 12.4 Å². The predicted molar refractivity (Wildman–Crippen MR) is 88.6 cm³/mol. The molecule has 20 heavy (non-hydrogen) atoms. The van der Waals surface area contributed by atoms with Crippen molar-refractivity contribution in [3.63, 3.8) is 0 Å². The van der Waals surface area contributed by atoms with Gasteiger partial charge in [0.1, 0.15) is 0 Å². The van der Waals surface area contributed by atoms with E-state index in [0.717, 1.165) is 4.48 Å². The quantitative estimate of drug-likeness (QED) is 0.384. The molecule has 0 amide bonds. The van der Waals surface area contributed by atoms with Crippen molar-refractivity contribution in [1.29, 1.82) is 0 Å². The summed E-state index contributed by atoms with van der Waals surface area (Å²) in [5.74, 6) is 0. The third-order valence-corrected chi connectivity index (χ3v) is 4.96. The summed E-state index contributed by atoms with van der Waals surface area (Å²) in [7, 11) is 6.95. The van der Waals surface area contributed by atoms with E-state index >= 15 is 0 Å². The minimum absolute atomic E-state index is 0. The zero-order valence-corrected chi connectivity index (χ0v) is 15.9. The second kappa shape index (κ2) is 11.9. The van der Waals surface area contributed by atoms with E-state index in [0.29, 0.717) is 5.54 Å². The van der Waals surface area contributed by atoms with Crippen molar-refractivity contribution in [2.45, 2.75) is 96.9 Å². The molecule has 0 aromatic carbocycles. The Morgan fingerprint density at radius 3 is 1.35 bits per heavy atom. The molecule has 124 valence electrons. The molecule has 0 aromatic heterocycles. The lowest BCUT2D eigenvalue weighted by Gasteiger charge is -2.41. The van der Waals surface area contributed by atoms with Crippen molar-refractivity contribution in [2.75, 3.05) is 21.1 Å². The van der Waals surface area contributed by atoms with Crippen LogP contribution in [-0.4, -0.2) is 31.2 Å².